The minimum Gasteiger partial charge on any atom is -0.377 e. The van der Waals surface area contributed by atoms with Gasteiger partial charge in [-0.2, -0.15) is 4.98 Å². The number of alkyl halides is 1. The largest absolute Gasteiger partial charge is 0.377 e. The van der Waals surface area contributed by atoms with Crippen molar-refractivity contribution in [3.05, 3.63) is 11.7 Å². The third-order valence-corrected chi connectivity index (χ3v) is 2.83. The summed E-state index contributed by atoms with van der Waals surface area (Å²) in [6.07, 6.45) is 0.204. The van der Waals surface area contributed by atoms with E-state index in [0.717, 1.165) is 0 Å². The van der Waals surface area contributed by atoms with Crippen LogP contribution in [0.3, 0.4) is 0 Å². The molecule has 0 aliphatic carbocycles. The van der Waals surface area contributed by atoms with Crippen molar-refractivity contribution in [3.8, 4) is 0 Å². The lowest BCUT2D eigenvalue weighted by atomic mass is 10.0. The third-order valence-electron chi connectivity index (χ3n) is 2.83. The zero-order valence-corrected chi connectivity index (χ0v) is 10.6. The van der Waals surface area contributed by atoms with Crippen molar-refractivity contribution in [1.82, 2.24) is 15.5 Å². The standard InChI is InChI=1S/C11H16FN3O3/c1-7(16)14-10(2,3)8-13-9(18-15-8)11(12)4-5-17-6-11/h4-6H2,1-3H3,(H,14,16). The van der Waals surface area contributed by atoms with Gasteiger partial charge in [0.15, 0.2) is 5.82 Å². The summed E-state index contributed by atoms with van der Waals surface area (Å²) in [6, 6.07) is 0. The lowest BCUT2D eigenvalue weighted by Gasteiger charge is -2.21. The smallest absolute Gasteiger partial charge is 0.266 e. The molecule has 0 saturated carbocycles. The van der Waals surface area contributed by atoms with Crippen LogP contribution >= 0.6 is 0 Å². The Hall–Kier alpha value is -1.50. The molecule has 1 aliphatic heterocycles. The molecule has 1 saturated heterocycles. The summed E-state index contributed by atoms with van der Waals surface area (Å²) in [5.41, 5.74) is -2.51. The van der Waals surface area contributed by atoms with Crippen molar-refractivity contribution in [2.24, 2.45) is 0 Å². The number of nitrogens with one attached hydrogen (secondary N) is 1. The predicted octanol–water partition coefficient (Wildman–Crippen LogP) is 1.03. The van der Waals surface area contributed by atoms with E-state index in [-0.39, 0.29) is 30.7 Å². The van der Waals surface area contributed by atoms with E-state index in [2.05, 4.69) is 15.5 Å². The third kappa shape index (κ3) is 2.35. The molecule has 1 atom stereocenters. The molecule has 2 rings (SSSR count). The first-order chi connectivity index (χ1) is 8.33. The normalized spacial score (nSPS) is 24.2. The number of carbonyl (C=O) groups excluding carboxylic acids is 1. The highest BCUT2D eigenvalue weighted by atomic mass is 19.1. The molecule has 0 bridgehead atoms. The SMILES string of the molecule is CC(=O)NC(C)(C)c1noc(C2(F)CCOC2)n1. The highest BCUT2D eigenvalue weighted by Crippen LogP contribution is 2.34. The van der Waals surface area contributed by atoms with Crippen molar-refractivity contribution in [3.63, 3.8) is 0 Å². The van der Waals surface area contributed by atoms with Crippen LogP contribution in [-0.2, 0) is 20.7 Å². The average Bonchev–Trinajstić information content (AvgIpc) is 2.83. The van der Waals surface area contributed by atoms with Gasteiger partial charge in [-0.1, -0.05) is 5.16 Å². The van der Waals surface area contributed by atoms with E-state index in [1.54, 1.807) is 13.8 Å². The molecule has 18 heavy (non-hydrogen) atoms. The van der Waals surface area contributed by atoms with Crippen LogP contribution in [0.1, 0.15) is 38.9 Å². The van der Waals surface area contributed by atoms with Crippen LogP contribution in [-0.4, -0.2) is 29.3 Å². The number of nitrogens with zero attached hydrogens (tertiary/aromatic N) is 2. The lowest BCUT2D eigenvalue weighted by Crippen LogP contribution is -2.40. The molecule has 1 amide bonds. The number of halogens is 1. The summed E-state index contributed by atoms with van der Waals surface area (Å²) >= 11 is 0. The molecule has 1 unspecified atom stereocenters. The van der Waals surface area contributed by atoms with Gasteiger partial charge in [-0.3, -0.25) is 4.79 Å². The molecule has 2 heterocycles. The van der Waals surface area contributed by atoms with Crippen LogP contribution in [0, 0.1) is 0 Å². The van der Waals surface area contributed by atoms with Gasteiger partial charge in [0.2, 0.25) is 11.6 Å². The Labute approximate surface area is 104 Å². The summed E-state index contributed by atoms with van der Waals surface area (Å²) in [6.45, 7) is 5.10. The van der Waals surface area contributed by atoms with Gasteiger partial charge in [0.05, 0.1) is 18.8 Å². The van der Waals surface area contributed by atoms with Gasteiger partial charge in [0.1, 0.15) is 0 Å². The van der Waals surface area contributed by atoms with Crippen LogP contribution in [0.25, 0.3) is 0 Å². The van der Waals surface area contributed by atoms with Gasteiger partial charge in [-0.05, 0) is 13.8 Å². The van der Waals surface area contributed by atoms with E-state index in [1.807, 2.05) is 0 Å². The molecule has 6 nitrogen and oxygen atoms in total. The Morgan fingerprint density at radius 3 is 2.83 bits per heavy atom. The van der Waals surface area contributed by atoms with Gasteiger partial charge < -0.3 is 14.6 Å². The van der Waals surface area contributed by atoms with Crippen molar-refractivity contribution in [1.29, 1.82) is 0 Å². The number of aromatic nitrogens is 2. The maximum absolute atomic E-state index is 14.3. The summed E-state index contributed by atoms with van der Waals surface area (Å²) in [5, 5.41) is 6.41. The van der Waals surface area contributed by atoms with Crippen LogP contribution in [0.2, 0.25) is 0 Å². The number of carbonyl (C=O) groups is 1. The zero-order valence-electron chi connectivity index (χ0n) is 10.6. The maximum atomic E-state index is 14.3. The molecule has 0 spiro atoms. The van der Waals surface area contributed by atoms with E-state index in [1.165, 1.54) is 6.92 Å². The number of rotatable bonds is 3. The number of amides is 1. The zero-order chi connectivity index (χ0) is 13.4. The number of ether oxygens (including phenoxy) is 1. The van der Waals surface area contributed by atoms with Crippen LogP contribution in [0.15, 0.2) is 4.52 Å². The van der Waals surface area contributed by atoms with Crippen LogP contribution in [0.4, 0.5) is 4.39 Å². The first kappa shape index (κ1) is 12.9. The van der Waals surface area contributed by atoms with Gasteiger partial charge in [-0.25, -0.2) is 4.39 Å². The van der Waals surface area contributed by atoms with Gasteiger partial charge >= 0.3 is 0 Å². The summed E-state index contributed by atoms with van der Waals surface area (Å²) in [7, 11) is 0. The topological polar surface area (TPSA) is 77.2 Å². The monoisotopic (exact) mass is 257 g/mol. The lowest BCUT2D eigenvalue weighted by molar-refractivity contribution is -0.120. The second kappa shape index (κ2) is 4.31. The Morgan fingerprint density at radius 2 is 2.28 bits per heavy atom. The molecule has 0 radical (unpaired) electrons. The molecular formula is C11H16FN3O3. The summed E-state index contributed by atoms with van der Waals surface area (Å²) in [5.74, 6) is -0.0597. The molecule has 1 N–H and O–H groups in total. The number of hydrogen-bond donors (Lipinski definition) is 1. The van der Waals surface area contributed by atoms with E-state index in [4.69, 9.17) is 9.26 Å². The Morgan fingerprint density at radius 1 is 1.56 bits per heavy atom. The first-order valence-corrected chi connectivity index (χ1v) is 5.74. The molecule has 7 heteroatoms. The quantitative estimate of drug-likeness (QED) is 0.875. The van der Waals surface area contributed by atoms with E-state index in [9.17, 15) is 9.18 Å². The van der Waals surface area contributed by atoms with Gasteiger partial charge in [0.25, 0.3) is 5.89 Å². The second-order valence-electron chi connectivity index (χ2n) is 5.00. The first-order valence-electron chi connectivity index (χ1n) is 5.74. The van der Waals surface area contributed by atoms with Crippen LogP contribution in [0.5, 0.6) is 0 Å². The Balaban J connectivity index is 2.22. The van der Waals surface area contributed by atoms with E-state index < -0.39 is 11.2 Å². The minimum atomic E-state index is -1.71. The van der Waals surface area contributed by atoms with Crippen molar-refractivity contribution in [2.75, 3.05) is 13.2 Å². The summed E-state index contributed by atoms with van der Waals surface area (Å²) < 4.78 is 24.3. The average molecular weight is 257 g/mol. The number of hydrogen-bond acceptors (Lipinski definition) is 5. The van der Waals surface area contributed by atoms with Gasteiger partial charge in [0, 0.05) is 13.3 Å². The molecule has 1 fully saturated rings. The predicted molar refractivity (Wildman–Crippen MR) is 59.4 cm³/mol. The maximum Gasteiger partial charge on any atom is 0.266 e. The molecule has 1 aromatic rings. The Bertz CT molecular complexity index is 452. The van der Waals surface area contributed by atoms with E-state index >= 15 is 0 Å². The summed E-state index contributed by atoms with van der Waals surface area (Å²) in [4.78, 5) is 15.1. The molecule has 0 aromatic carbocycles. The highest BCUT2D eigenvalue weighted by Gasteiger charge is 2.43. The fourth-order valence-electron chi connectivity index (χ4n) is 1.86. The second-order valence-corrected chi connectivity index (χ2v) is 5.00. The fraction of sp³-hybridized carbons (Fsp3) is 0.727. The molecule has 1 aromatic heterocycles. The molecular weight excluding hydrogens is 241 g/mol. The van der Waals surface area contributed by atoms with Crippen molar-refractivity contribution < 1.29 is 18.4 Å². The van der Waals surface area contributed by atoms with Crippen molar-refractivity contribution in [2.45, 2.75) is 38.4 Å². The van der Waals surface area contributed by atoms with Crippen LogP contribution < -0.4 is 5.32 Å². The van der Waals surface area contributed by atoms with Crippen molar-refractivity contribution >= 4 is 5.91 Å². The molecule has 100 valence electrons. The molecule has 1 aliphatic rings. The minimum absolute atomic E-state index is 0.0742. The Kier molecular flexibility index (Phi) is 3.10. The fourth-order valence-corrected chi connectivity index (χ4v) is 1.86. The highest BCUT2D eigenvalue weighted by molar-refractivity contribution is 5.73. The van der Waals surface area contributed by atoms with E-state index in [0.29, 0.717) is 6.61 Å². The van der Waals surface area contributed by atoms with Gasteiger partial charge in [-0.15, -0.1) is 0 Å².